The van der Waals surface area contributed by atoms with Crippen LogP contribution in [0.5, 0.6) is 0 Å². The van der Waals surface area contributed by atoms with Crippen LogP contribution >= 0.6 is 0 Å². The molecular weight excluding hydrogens is 150 g/mol. The number of ether oxygens (including phenoxy) is 1. The predicted octanol–water partition coefficient (Wildman–Crippen LogP) is 2.19. The molecule has 0 rings (SSSR count). The van der Waals surface area contributed by atoms with Crippen LogP contribution in [0.25, 0.3) is 0 Å². The van der Waals surface area contributed by atoms with E-state index < -0.39 is 0 Å². The number of nitrogens with one attached hydrogen (secondary N) is 1. The van der Waals surface area contributed by atoms with Gasteiger partial charge in [-0.1, -0.05) is 13.8 Å². The summed E-state index contributed by atoms with van der Waals surface area (Å²) in [7, 11) is 1.76. The van der Waals surface area contributed by atoms with Gasteiger partial charge >= 0.3 is 0 Å². The Bertz CT molecular complexity index is 81.9. The summed E-state index contributed by atoms with van der Waals surface area (Å²) in [5, 5.41) is 3.52. The van der Waals surface area contributed by atoms with Crippen molar-refractivity contribution >= 4 is 0 Å². The highest BCUT2D eigenvalue weighted by atomic mass is 16.5. The third-order valence-corrected chi connectivity index (χ3v) is 2.19. The van der Waals surface area contributed by atoms with Gasteiger partial charge in [-0.25, -0.2) is 0 Å². The lowest BCUT2D eigenvalue weighted by Gasteiger charge is -2.13. The largest absolute Gasteiger partial charge is 0.385 e. The van der Waals surface area contributed by atoms with Crippen molar-refractivity contribution in [1.82, 2.24) is 5.32 Å². The summed E-state index contributed by atoms with van der Waals surface area (Å²) in [6, 6.07) is 0.715. The molecule has 1 N–H and O–H groups in total. The molecule has 0 atom stereocenters. The molecular formula is C10H23NO. The fraction of sp³-hybridized carbons (Fsp3) is 1.00. The third kappa shape index (κ3) is 6.62. The number of hydrogen-bond donors (Lipinski definition) is 1. The first-order chi connectivity index (χ1) is 5.85. The van der Waals surface area contributed by atoms with Crippen LogP contribution in [0.3, 0.4) is 0 Å². The van der Waals surface area contributed by atoms with E-state index in [1.807, 2.05) is 0 Å². The van der Waals surface area contributed by atoms with E-state index in [1.54, 1.807) is 7.11 Å². The van der Waals surface area contributed by atoms with Crippen molar-refractivity contribution in [3.63, 3.8) is 0 Å². The van der Waals surface area contributed by atoms with Crippen molar-refractivity contribution in [1.29, 1.82) is 0 Å². The maximum atomic E-state index is 4.97. The first kappa shape index (κ1) is 11.9. The number of rotatable bonds is 8. The van der Waals surface area contributed by atoms with Gasteiger partial charge in [-0.05, 0) is 32.2 Å². The molecule has 0 heterocycles. The normalized spacial score (nSPS) is 11.0. The predicted molar refractivity (Wildman–Crippen MR) is 53.5 cm³/mol. The van der Waals surface area contributed by atoms with Gasteiger partial charge in [0, 0.05) is 19.8 Å². The van der Waals surface area contributed by atoms with Crippen molar-refractivity contribution in [2.45, 2.75) is 45.6 Å². The van der Waals surface area contributed by atoms with Crippen LogP contribution in [0.1, 0.15) is 39.5 Å². The number of methoxy groups -OCH3 is 1. The molecule has 0 aliphatic heterocycles. The Balaban J connectivity index is 3.06. The molecule has 0 aromatic rings. The minimum absolute atomic E-state index is 0.715. The molecule has 0 bridgehead atoms. The second kappa shape index (κ2) is 9.01. The average molecular weight is 173 g/mol. The van der Waals surface area contributed by atoms with Crippen LogP contribution in [-0.4, -0.2) is 26.3 Å². The van der Waals surface area contributed by atoms with E-state index in [4.69, 9.17) is 4.74 Å². The molecule has 12 heavy (non-hydrogen) atoms. The molecule has 2 nitrogen and oxygen atoms in total. The Kier molecular flexibility index (Phi) is 8.95. The van der Waals surface area contributed by atoms with E-state index in [9.17, 15) is 0 Å². The fourth-order valence-electron chi connectivity index (χ4n) is 1.25. The Morgan fingerprint density at radius 3 is 2.33 bits per heavy atom. The molecule has 0 spiro atoms. The molecule has 0 fully saturated rings. The Morgan fingerprint density at radius 2 is 1.83 bits per heavy atom. The van der Waals surface area contributed by atoms with E-state index in [-0.39, 0.29) is 0 Å². The first-order valence-corrected chi connectivity index (χ1v) is 5.07. The minimum atomic E-state index is 0.715. The molecule has 0 amide bonds. The number of hydrogen-bond acceptors (Lipinski definition) is 2. The summed E-state index contributed by atoms with van der Waals surface area (Å²) in [5.41, 5.74) is 0. The SMILES string of the molecule is CCC(CC)NCCCCOC. The maximum absolute atomic E-state index is 4.97. The van der Waals surface area contributed by atoms with Gasteiger partial charge in [0.1, 0.15) is 0 Å². The molecule has 0 saturated carbocycles. The molecule has 0 aromatic heterocycles. The Hall–Kier alpha value is -0.0800. The Morgan fingerprint density at radius 1 is 1.17 bits per heavy atom. The highest BCUT2D eigenvalue weighted by molar-refractivity contribution is 4.61. The lowest BCUT2D eigenvalue weighted by molar-refractivity contribution is 0.192. The van der Waals surface area contributed by atoms with Gasteiger partial charge in [0.05, 0.1) is 0 Å². The van der Waals surface area contributed by atoms with Gasteiger partial charge in [-0.2, -0.15) is 0 Å². The van der Waals surface area contributed by atoms with Gasteiger partial charge in [-0.3, -0.25) is 0 Å². The van der Waals surface area contributed by atoms with E-state index in [0.717, 1.165) is 13.2 Å². The zero-order chi connectivity index (χ0) is 9.23. The van der Waals surface area contributed by atoms with Crippen molar-refractivity contribution in [2.24, 2.45) is 0 Å². The quantitative estimate of drug-likeness (QED) is 0.568. The smallest absolute Gasteiger partial charge is 0.0462 e. The van der Waals surface area contributed by atoms with E-state index >= 15 is 0 Å². The lowest BCUT2D eigenvalue weighted by Crippen LogP contribution is -2.28. The van der Waals surface area contributed by atoms with Crippen molar-refractivity contribution in [3.05, 3.63) is 0 Å². The van der Waals surface area contributed by atoms with Crippen LogP contribution in [-0.2, 0) is 4.74 Å². The summed E-state index contributed by atoms with van der Waals surface area (Å²) in [4.78, 5) is 0. The summed E-state index contributed by atoms with van der Waals surface area (Å²) < 4.78 is 4.97. The van der Waals surface area contributed by atoms with E-state index in [2.05, 4.69) is 19.2 Å². The number of unbranched alkanes of at least 4 members (excludes halogenated alkanes) is 1. The summed E-state index contributed by atoms with van der Waals surface area (Å²) in [6.07, 6.45) is 4.87. The van der Waals surface area contributed by atoms with Gasteiger partial charge < -0.3 is 10.1 Å². The molecule has 0 aliphatic carbocycles. The second-order valence-corrected chi connectivity index (χ2v) is 3.17. The van der Waals surface area contributed by atoms with Crippen molar-refractivity contribution in [3.8, 4) is 0 Å². The molecule has 0 aromatic carbocycles. The van der Waals surface area contributed by atoms with Crippen molar-refractivity contribution < 1.29 is 4.74 Å². The van der Waals surface area contributed by atoms with Crippen LogP contribution in [0.15, 0.2) is 0 Å². The summed E-state index contributed by atoms with van der Waals surface area (Å²) in [6.45, 7) is 6.49. The van der Waals surface area contributed by atoms with Crippen LogP contribution < -0.4 is 5.32 Å². The van der Waals surface area contributed by atoms with Gasteiger partial charge in [0.15, 0.2) is 0 Å². The standard InChI is InChI=1S/C10H23NO/c1-4-10(5-2)11-8-6-7-9-12-3/h10-11H,4-9H2,1-3H3. The summed E-state index contributed by atoms with van der Waals surface area (Å²) in [5.74, 6) is 0. The monoisotopic (exact) mass is 173 g/mol. The Labute approximate surface area is 76.7 Å². The lowest BCUT2D eigenvalue weighted by atomic mass is 10.1. The highest BCUT2D eigenvalue weighted by Crippen LogP contribution is 1.96. The minimum Gasteiger partial charge on any atom is -0.385 e. The molecule has 0 unspecified atom stereocenters. The van der Waals surface area contributed by atoms with Crippen LogP contribution in [0, 0.1) is 0 Å². The highest BCUT2D eigenvalue weighted by Gasteiger charge is 1.99. The summed E-state index contributed by atoms with van der Waals surface area (Å²) >= 11 is 0. The molecule has 0 saturated heterocycles. The van der Waals surface area contributed by atoms with Gasteiger partial charge in [0.25, 0.3) is 0 Å². The zero-order valence-corrected chi connectivity index (χ0v) is 8.73. The molecule has 2 heteroatoms. The maximum Gasteiger partial charge on any atom is 0.0462 e. The van der Waals surface area contributed by atoms with Crippen LogP contribution in [0.2, 0.25) is 0 Å². The zero-order valence-electron chi connectivity index (χ0n) is 8.73. The van der Waals surface area contributed by atoms with Gasteiger partial charge in [-0.15, -0.1) is 0 Å². The second-order valence-electron chi connectivity index (χ2n) is 3.17. The van der Waals surface area contributed by atoms with E-state index in [1.165, 1.54) is 25.7 Å². The van der Waals surface area contributed by atoms with Crippen LogP contribution in [0.4, 0.5) is 0 Å². The van der Waals surface area contributed by atoms with E-state index in [0.29, 0.717) is 6.04 Å². The average Bonchev–Trinajstić information content (AvgIpc) is 2.11. The third-order valence-electron chi connectivity index (χ3n) is 2.19. The molecule has 0 aliphatic rings. The topological polar surface area (TPSA) is 21.3 Å². The fourth-order valence-corrected chi connectivity index (χ4v) is 1.25. The van der Waals surface area contributed by atoms with Crippen molar-refractivity contribution in [2.75, 3.05) is 20.3 Å². The van der Waals surface area contributed by atoms with Gasteiger partial charge in [0.2, 0.25) is 0 Å². The molecule has 0 radical (unpaired) electrons. The molecule has 74 valence electrons. The first-order valence-electron chi connectivity index (χ1n) is 5.07.